The lowest BCUT2D eigenvalue weighted by Gasteiger charge is -2.44. The van der Waals surface area contributed by atoms with E-state index in [-0.39, 0.29) is 5.91 Å². The van der Waals surface area contributed by atoms with E-state index in [4.69, 9.17) is 19.4 Å². The molecule has 12 heteroatoms. The average molecular weight is 434 g/mol. The number of aromatic nitrogens is 2. The number of nitrogens with zero attached hydrogens (tertiary/aromatic N) is 4. The zero-order valence-corrected chi connectivity index (χ0v) is 16.8. The highest BCUT2D eigenvalue weighted by Gasteiger charge is 2.42. The van der Waals surface area contributed by atoms with Crippen LogP contribution in [0.3, 0.4) is 0 Å². The van der Waals surface area contributed by atoms with Gasteiger partial charge in [-0.05, 0) is 19.9 Å². The van der Waals surface area contributed by atoms with E-state index in [0.29, 0.717) is 44.5 Å². The third kappa shape index (κ3) is 6.61. The molecule has 9 nitrogen and oxygen atoms in total. The number of rotatable bonds is 2. The monoisotopic (exact) mass is 434 g/mol. The van der Waals surface area contributed by atoms with Crippen LogP contribution in [0.4, 0.5) is 13.2 Å². The van der Waals surface area contributed by atoms with Gasteiger partial charge in [0, 0.05) is 25.7 Å². The predicted octanol–water partition coefficient (Wildman–Crippen LogP) is 1.06. The minimum Gasteiger partial charge on any atom is -0.475 e. The molecule has 1 aromatic rings. The Morgan fingerprint density at radius 1 is 1.20 bits per heavy atom. The number of ether oxygens (including phenoxy) is 2. The zero-order valence-electron chi connectivity index (χ0n) is 16.8. The normalized spacial score (nSPS) is 22.9. The van der Waals surface area contributed by atoms with E-state index < -0.39 is 17.7 Å². The number of hydrogen-bond acceptors (Lipinski definition) is 7. The van der Waals surface area contributed by atoms with Gasteiger partial charge in [-0.2, -0.15) is 23.4 Å². The number of alkyl halides is 3. The van der Waals surface area contributed by atoms with Gasteiger partial charge in [0.05, 0.1) is 44.3 Å². The molecule has 0 aromatic carbocycles. The first kappa shape index (κ1) is 24.0. The van der Waals surface area contributed by atoms with Crippen molar-refractivity contribution in [2.24, 2.45) is 0 Å². The van der Waals surface area contributed by atoms with E-state index in [2.05, 4.69) is 28.9 Å². The highest BCUT2D eigenvalue weighted by Crippen LogP contribution is 2.24. The number of hydrogen-bond donors (Lipinski definition) is 1. The van der Waals surface area contributed by atoms with Gasteiger partial charge in [0.1, 0.15) is 5.60 Å². The van der Waals surface area contributed by atoms with Crippen LogP contribution in [0.5, 0.6) is 0 Å². The Morgan fingerprint density at radius 2 is 1.90 bits per heavy atom. The summed E-state index contributed by atoms with van der Waals surface area (Å²) in [4.78, 5) is 25.8. The maximum atomic E-state index is 12.7. The van der Waals surface area contributed by atoms with Crippen LogP contribution in [0.2, 0.25) is 0 Å². The summed E-state index contributed by atoms with van der Waals surface area (Å²) in [7, 11) is 0. The van der Waals surface area contributed by atoms with Crippen molar-refractivity contribution in [3.05, 3.63) is 24.0 Å². The van der Waals surface area contributed by atoms with Crippen LogP contribution in [0.15, 0.2) is 18.5 Å². The number of carbonyl (C=O) groups excluding carboxylic acids is 1. The van der Waals surface area contributed by atoms with Crippen molar-refractivity contribution in [2.45, 2.75) is 31.7 Å². The second kappa shape index (κ2) is 10.1. The molecule has 2 fully saturated rings. The summed E-state index contributed by atoms with van der Waals surface area (Å²) in [6.45, 7) is 8.88. The fourth-order valence-corrected chi connectivity index (χ4v) is 3.18. The number of aliphatic carboxylic acids is 1. The summed E-state index contributed by atoms with van der Waals surface area (Å²) in [5, 5.41) is 14.6. The van der Waals surface area contributed by atoms with Crippen LogP contribution < -0.4 is 0 Å². The molecule has 2 aliphatic heterocycles. The van der Waals surface area contributed by atoms with Crippen LogP contribution in [0.1, 0.15) is 24.2 Å². The first-order chi connectivity index (χ1) is 14.0. The summed E-state index contributed by atoms with van der Waals surface area (Å²) < 4.78 is 43.6. The van der Waals surface area contributed by atoms with Crippen molar-refractivity contribution in [1.29, 1.82) is 0 Å². The molecule has 3 heterocycles. The van der Waals surface area contributed by atoms with E-state index >= 15 is 0 Å². The fraction of sp³-hybridized carbons (Fsp3) is 0.667. The molecule has 0 bridgehead atoms. The van der Waals surface area contributed by atoms with Crippen molar-refractivity contribution in [1.82, 2.24) is 20.0 Å². The first-order valence-electron chi connectivity index (χ1n) is 9.36. The predicted molar refractivity (Wildman–Crippen MR) is 97.8 cm³/mol. The maximum absolute atomic E-state index is 12.7. The fourth-order valence-electron chi connectivity index (χ4n) is 3.18. The van der Waals surface area contributed by atoms with Gasteiger partial charge in [0.25, 0.3) is 5.91 Å². The van der Waals surface area contributed by atoms with Crippen molar-refractivity contribution in [3.8, 4) is 0 Å². The molecule has 1 atom stereocenters. The number of carbonyl (C=O) groups is 2. The summed E-state index contributed by atoms with van der Waals surface area (Å²) >= 11 is 0. The van der Waals surface area contributed by atoms with Crippen LogP contribution in [0.25, 0.3) is 0 Å². The van der Waals surface area contributed by atoms with E-state index in [9.17, 15) is 18.0 Å². The molecule has 1 aromatic heterocycles. The minimum absolute atomic E-state index is 0.0463. The molecule has 1 N–H and O–H groups in total. The standard InChI is InChI=1S/C16H24N4O3.C2HF3O2/c1-13(2)19-6-8-23-16(10-19)11-20(5-7-22-12-16)15(21)14-3-4-17-18-9-14;3-2(4,5)1(6)7/h3-4,9,13H,5-8,10-12H2,1-2H3;(H,6,7). The Balaban J connectivity index is 0.000000396. The van der Waals surface area contributed by atoms with Gasteiger partial charge in [-0.15, -0.1) is 0 Å². The molecule has 0 radical (unpaired) electrons. The average Bonchev–Trinajstić information content (AvgIpc) is 2.90. The number of morpholine rings is 1. The van der Waals surface area contributed by atoms with Gasteiger partial charge in [-0.25, -0.2) is 4.79 Å². The largest absolute Gasteiger partial charge is 0.490 e. The zero-order chi connectivity index (χ0) is 22.4. The van der Waals surface area contributed by atoms with Gasteiger partial charge in [0.15, 0.2) is 0 Å². The van der Waals surface area contributed by atoms with Gasteiger partial charge in [-0.3, -0.25) is 9.69 Å². The van der Waals surface area contributed by atoms with Crippen LogP contribution in [-0.4, -0.2) is 101 Å². The Bertz CT molecular complexity index is 720. The second-order valence-electron chi connectivity index (χ2n) is 7.31. The van der Waals surface area contributed by atoms with E-state index in [1.165, 1.54) is 12.4 Å². The molecule has 0 saturated carbocycles. The lowest BCUT2D eigenvalue weighted by Crippen LogP contribution is -2.60. The Morgan fingerprint density at radius 3 is 2.47 bits per heavy atom. The van der Waals surface area contributed by atoms with Crippen LogP contribution in [-0.2, 0) is 14.3 Å². The SMILES string of the molecule is CC(C)N1CCOC2(COCCN(C(=O)c3ccnnc3)C2)C1.O=C(O)C(F)(F)F. The number of amides is 1. The molecule has 1 amide bonds. The van der Waals surface area contributed by atoms with Crippen molar-refractivity contribution in [2.75, 3.05) is 46.0 Å². The third-order valence-electron chi connectivity index (χ3n) is 4.72. The minimum atomic E-state index is -5.08. The molecule has 1 spiro atoms. The van der Waals surface area contributed by atoms with Gasteiger partial charge < -0.3 is 19.5 Å². The molecule has 2 saturated heterocycles. The topological polar surface area (TPSA) is 105 Å². The molecular weight excluding hydrogens is 409 g/mol. The molecule has 30 heavy (non-hydrogen) atoms. The van der Waals surface area contributed by atoms with E-state index in [1.54, 1.807) is 6.07 Å². The third-order valence-corrected chi connectivity index (χ3v) is 4.72. The van der Waals surface area contributed by atoms with Gasteiger partial charge >= 0.3 is 12.1 Å². The Hall–Kier alpha value is -2.31. The summed E-state index contributed by atoms with van der Waals surface area (Å²) in [6, 6.07) is 2.14. The summed E-state index contributed by atoms with van der Waals surface area (Å²) in [6.07, 6.45) is -2.04. The lowest BCUT2D eigenvalue weighted by atomic mass is 10.0. The van der Waals surface area contributed by atoms with E-state index in [0.717, 1.165) is 13.1 Å². The van der Waals surface area contributed by atoms with Gasteiger partial charge in [0.2, 0.25) is 0 Å². The maximum Gasteiger partial charge on any atom is 0.490 e. The molecular formula is C18H25F3N4O5. The highest BCUT2D eigenvalue weighted by molar-refractivity contribution is 5.93. The highest BCUT2D eigenvalue weighted by atomic mass is 19.4. The Labute approximate surface area is 171 Å². The molecule has 3 rings (SSSR count). The lowest BCUT2D eigenvalue weighted by molar-refractivity contribution is -0.192. The van der Waals surface area contributed by atoms with Crippen molar-refractivity contribution in [3.63, 3.8) is 0 Å². The van der Waals surface area contributed by atoms with Crippen molar-refractivity contribution < 1.29 is 37.3 Å². The second-order valence-corrected chi connectivity index (χ2v) is 7.31. The molecule has 2 aliphatic rings. The summed E-state index contributed by atoms with van der Waals surface area (Å²) in [5.74, 6) is -2.80. The van der Waals surface area contributed by atoms with Crippen LogP contribution >= 0.6 is 0 Å². The smallest absolute Gasteiger partial charge is 0.475 e. The van der Waals surface area contributed by atoms with E-state index in [1.807, 2.05) is 4.90 Å². The van der Waals surface area contributed by atoms with Crippen LogP contribution in [0, 0.1) is 0 Å². The Kier molecular flexibility index (Phi) is 8.10. The molecule has 0 aliphatic carbocycles. The number of halogens is 3. The number of carboxylic acids is 1. The quantitative estimate of drug-likeness (QED) is 0.737. The van der Waals surface area contributed by atoms with Crippen molar-refractivity contribution >= 4 is 11.9 Å². The molecule has 168 valence electrons. The molecule has 1 unspecified atom stereocenters. The number of carboxylic acid groups (broad SMARTS) is 1. The first-order valence-corrected chi connectivity index (χ1v) is 9.36. The summed E-state index contributed by atoms with van der Waals surface area (Å²) in [5.41, 5.74) is 0.100. The van der Waals surface area contributed by atoms with Gasteiger partial charge in [-0.1, -0.05) is 0 Å².